The van der Waals surface area contributed by atoms with Crippen molar-refractivity contribution in [3.05, 3.63) is 48.2 Å². The van der Waals surface area contributed by atoms with Gasteiger partial charge in [-0.2, -0.15) is 0 Å². The van der Waals surface area contributed by atoms with Crippen LogP contribution in [0.3, 0.4) is 0 Å². The van der Waals surface area contributed by atoms with E-state index in [1.807, 2.05) is 4.90 Å². The van der Waals surface area contributed by atoms with E-state index in [-0.39, 0.29) is 6.03 Å². The number of hydrogen-bond donors (Lipinski definition) is 1. The van der Waals surface area contributed by atoms with Crippen LogP contribution in [-0.4, -0.2) is 49.2 Å². The van der Waals surface area contributed by atoms with Crippen molar-refractivity contribution in [1.29, 1.82) is 0 Å². The van der Waals surface area contributed by atoms with E-state index < -0.39 is 0 Å². The van der Waals surface area contributed by atoms with E-state index in [9.17, 15) is 4.79 Å². The number of anilines is 2. The van der Waals surface area contributed by atoms with Crippen molar-refractivity contribution in [3.8, 4) is 5.88 Å². The summed E-state index contributed by atoms with van der Waals surface area (Å²) in [4.78, 5) is 20.7. The Bertz CT molecular complexity index is 712. The zero-order chi connectivity index (χ0) is 16.9. The fourth-order valence-corrected chi connectivity index (χ4v) is 2.84. The monoisotopic (exact) mass is 326 g/mol. The van der Waals surface area contributed by atoms with Crippen LogP contribution in [0.25, 0.3) is 0 Å². The van der Waals surface area contributed by atoms with Crippen molar-refractivity contribution in [3.63, 3.8) is 0 Å². The summed E-state index contributed by atoms with van der Waals surface area (Å²) in [5.41, 5.74) is 3.05. The van der Waals surface area contributed by atoms with Crippen LogP contribution in [0.5, 0.6) is 5.88 Å². The Morgan fingerprint density at radius 3 is 2.67 bits per heavy atom. The van der Waals surface area contributed by atoms with Gasteiger partial charge < -0.3 is 19.9 Å². The van der Waals surface area contributed by atoms with Gasteiger partial charge in [-0.25, -0.2) is 9.78 Å². The Hall–Kier alpha value is -2.76. The molecule has 2 heterocycles. The molecule has 2 amide bonds. The standard InChI is InChI=1S/C18H22N4O2/c1-14-5-3-6-15(13-14)21-9-11-22(12-10-21)18(23)20-16-7-4-8-19-17(16)24-2/h3-8,13H,9-12H2,1-2H3,(H,20,23). The van der Waals surface area contributed by atoms with E-state index >= 15 is 0 Å². The van der Waals surface area contributed by atoms with Gasteiger partial charge in [0.2, 0.25) is 5.88 Å². The summed E-state index contributed by atoms with van der Waals surface area (Å²) in [6.07, 6.45) is 1.63. The number of pyridine rings is 1. The third-order valence-electron chi connectivity index (χ3n) is 4.14. The molecule has 1 aromatic heterocycles. The summed E-state index contributed by atoms with van der Waals surface area (Å²) < 4.78 is 5.17. The van der Waals surface area contributed by atoms with E-state index in [1.165, 1.54) is 11.3 Å². The molecule has 2 aromatic rings. The fourth-order valence-electron chi connectivity index (χ4n) is 2.84. The maximum Gasteiger partial charge on any atom is 0.322 e. The predicted molar refractivity (Wildman–Crippen MR) is 94.8 cm³/mol. The molecular weight excluding hydrogens is 304 g/mol. The smallest absolute Gasteiger partial charge is 0.322 e. The van der Waals surface area contributed by atoms with Crippen LogP contribution in [0.1, 0.15) is 5.56 Å². The molecule has 0 radical (unpaired) electrons. The van der Waals surface area contributed by atoms with Gasteiger partial charge in [0, 0.05) is 38.1 Å². The second-order valence-corrected chi connectivity index (χ2v) is 5.80. The number of piperazine rings is 1. The summed E-state index contributed by atoms with van der Waals surface area (Å²) >= 11 is 0. The van der Waals surface area contributed by atoms with Crippen molar-refractivity contribution in [1.82, 2.24) is 9.88 Å². The summed E-state index contributed by atoms with van der Waals surface area (Å²) in [7, 11) is 1.54. The first-order valence-electron chi connectivity index (χ1n) is 8.04. The molecule has 1 N–H and O–H groups in total. The Morgan fingerprint density at radius 2 is 1.96 bits per heavy atom. The second-order valence-electron chi connectivity index (χ2n) is 5.80. The molecule has 1 fully saturated rings. The van der Waals surface area contributed by atoms with Crippen molar-refractivity contribution in [2.75, 3.05) is 43.5 Å². The number of ether oxygens (including phenoxy) is 1. The van der Waals surface area contributed by atoms with E-state index in [0.717, 1.165) is 13.1 Å². The third kappa shape index (κ3) is 3.59. The summed E-state index contributed by atoms with van der Waals surface area (Å²) in [6, 6.07) is 11.9. The number of hydrogen-bond acceptors (Lipinski definition) is 4. The van der Waals surface area contributed by atoms with Crippen LogP contribution >= 0.6 is 0 Å². The first-order chi connectivity index (χ1) is 11.7. The summed E-state index contributed by atoms with van der Waals surface area (Å²) in [5, 5.41) is 2.88. The molecule has 1 saturated heterocycles. The second kappa shape index (κ2) is 7.21. The van der Waals surface area contributed by atoms with Crippen LogP contribution < -0.4 is 15.0 Å². The van der Waals surface area contributed by atoms with Gasteiger partial charge in [0.25, 0.3) is 0 Å². The first-order valence-corrected chi connectivity index (χ1v) is 8.04. The lowest BCUT2D eigenvalue weighted by atomic mass is 10.2. The van der Waals surface area contributed by atoms with E-state index in [1.54, 1.807) is 25.4 Å². The SMILES string of the molecule is COc1ncccc1NC(=O)N1CCN(c2cccc(C)c2)CC1. The molecule has 0 unspecified atom stereocenters. The zero-order valence-electron chi connectivity index (χ0n) is 14.0. The van der Waals surface area contributed by atoms with Crippen LogP contribution in [0.15, 0.2) is 42.6 Å². The fraction of sp³-hybridized carbons (Fsp3) is 0.333. The molecule has 0 bridgehead atoms. The van der Waals surface area contributed by atoms with Crippen molar-refractivity contribution in [2.24, 2.45) is 0 Å². The molecule has 6 nitrogen and oxygen atoms in total. The number of aromatic nitrogens is 1. The Morgan fingerprint density at radius 1 is 1.17 bits per heavy atom. The minimum absolute atomic E-state index is 0.120. The number of rotatable bonds is 3. The molecule has 1 aliphatic rings. The summed E-state index contributed by atoms with van der Waals surface area (Å²) in [5.74, 6) is 0.421. The lowest BCUT2D eigenvalue weighted by Crippen LogP contribution is -2.50. The first kappa shape index (κ1) is 16.1. The number of carbonyl (C=O) groups excluding carboxylic acids is 1. The number of nitrogens with zero attached hydrogens (tertiary/aromatic N) is 3. The number of carbonyl (C=O) groups is 1. The summed E-state index contributed by atoms with van der Waals surface area (Å²) in [6.45, 7) is 5.10. The maximum absolute atomic E-state index is 12.4. The highest BCUT2D eigenvalue weighted by atomic mass is 16.5. The average Bonchev–Trinajstić information content (AvgIpc) is 2.62. The number of benzene rings is 1. The van der Waals surface area contributed by atoms with Gasteiger partial charge in [-0.1, -0.05) is 12.1 Å². The lowest BCUT2D eigenvalue weighted by Gasteiger charge is -2.36. The average molecular weight is 326 g/mol. The van der Waals surface area contributed by atoms with Crippen LogP contribution in [0.4, 0.5) is 16.2 Å². The van der Waals surface area contributed by atoms with Gasteiger partial charge in [-0.05, 0) is 36.8 Å². The highest BCUT2D eigenvalue weighted by Crippen LogP contribution is 2.21. The molecule has 0 saturated carbocycles. The number of methoxy groups -OCH3 is 1. The minimum Gasteiger partial charge on any atom is -0.480 e. The maximum atomic E-state index is 12.4. The molecule has 0 aliphatic carbocycles. The highest BCUT2D eigenvalue weighted by Gasteiger charge is 2.22. The molecule has 1 aromatic carbocycles. The van der Waals surface area contributed by atoms with Crippen molar-refractivity contribution >= 4 is 17.4 Å². The van der Waals surface area contributed by atoms with Gasteiger partial charge in [0.05, 0.1) is 7.11 Å². The predicted octanol–water partition coefficient (Wildman–Crippen LogP) is 2.75. The lowest BCUT2D eigenvalue weighted by molar-refractivity contribution is 0.208. The topological polar surface area (TPSA) is 57.7 Å². The third-order valence-corrected chi connectivity index (χ3v) is 4.14. The van der Waals surface area contributed by atoms with Crippen LogP contribution in [0.2, 0.25) is 0 Å². The number of amides is 2. The van der Waals surface area contributed by atoms with Gasteiger partial charge in [0.1, 0.15) is 5.69 Å². The Balaban J connectivity index is 1.59. The number of aryl methyl sites for hydroxylation is 1. The number of nitrogens with one attached hydrogen (secondary N) is 1. The minimum atomic E-state index is -0.120. The molecule has 0 spiro atoms. The van der Waals surface area contributed by atoms with Gasteiger partial charge >= 0.3 is 6.03 Å². The largest absolute Gasteiger partial charge is 0.480 e. The van der Waals surface area contributed by atoms with E-state index in [4.69, 9.17) is 4.74 Å². The van der Waals surface area contributed by atoms with Crippen LogP contribution in [-0.2, 0) is 0 Å². The molecule has 126 valence electrons. The van der Waals surface area contributed by atoms with E-state index in [2.05, 4.69) is 46.4 Å². The number of urea groups is 1. The van der Waals surface area contributed by atoms with Gasteiger partial charge in [-0.15, -0.1) is 0 Å². The Kier molecular flexibility index (Phi) is 4.84. The quantitative estimate of drug-likeness (QED) is 0.942. The van der Waals surface area contributed by atoms with Crippen LogP contribution in [0, 0.1) is 6.92 Å². The molecule has 3 rings (SSSR count). The van der Waals surface area contributed by atoms with Crippen molar-refractivity contribution < 1.29 is 9.53 Å². The molecular formula is C18H22N4O2. The van der Waals surface area contributed by atoms with E-state index in [0.29, 0.717) is 24.7 Å². The molecule has 6 heteroatoms. The molecule has 1 aliphatic heterocycles. The molecule has 0 atom stereocenters. The van der Waals surface area contributed by atoms with Gasteiger partial charge in [0.15, 0.2) is 0 Å². The highest BCUT2D eigenvalue weighted by molar-refractivity contribution is 5.90. The Labute approximate surface area is 142 Å². The zero-order valence-corrected chi connectivity index (χ0v) is 14.0. The normalized spacial score (nSPS) is 14.4. The van der Waals surface area contributed by atoms with Crippen molar-refractivity contribution in [2.45, 2.75) is 6.92 Å². The van der Waals surface area contributed by atoms with Gasteiger partial charge in [-0.3, -0.25) is 0 Å². The molecule has 24 heavy (non-hydrogen) atoms.